The van der Waals surface area contributed by atoms with Gasteiger partial charge in [0.25, 0.3) is 0 Å². The van der Waals surface area contributed by atoms with Crippen LogP contribution in [-0.2, 0) is 10.5 Å². The van der Waals surface area contributed by atoms with Gasteiger partial charge in [-0.05, 0) is 0 Å². The second-order valence-corrected chi connectivity index (χ2v) is 7.38. The summed E-state index contributed by atoms with van der Waals surface area (Å²) >= 11 is 2.24. The Morgan fingerprint density at radius 2 is 2.27 bits per heavy atom. The number of nitrogen functional groups attached to an aromatic ring is 1. The number of anilines is 1. The molecule has 0 amide bonds. The van der Waals surface area contributed by atoms with E-state index < -0.39 is 0 Å². The molecular weight excluding hydrogens is 297 g/mol. The Bertz CT molecular complexity index is 447. The van der Waals surface area contributed by atoms with Crippen LogP contribution >= 0.6 is 24.2 Å². The molecule has 15 heavy (non-hydrogen) atoms. The number of rotatable bonds is 0. The van der Waals surface area contributed by atoms with E-state index in [-0.39, 0.29) is 31.7 Å². The molecule has 0 bridgehead atoms. The van der Waals surface area contributed by atoms with E-state index in [9.17, 15) is 0 Å². The Balaban J connectivity index is 0.000000853. The predicted octanol–water partition coefficient (Wildman–Crippen LogP) is 0.665. The van der Waals surface area contributed by atoms with Gasteiger partial charge in [0.2, 0.25) is 0 Å². The summed E-state index contributed by atoms with van der Waals surface area (Å²) in [5, 5.41) is 12.4. The first-order valence-corrected chi connectivity index (χ1v) is 7.13. The molecule has 3 rings (SSSR count). The third-order valence-corrected chi connectivity index (χ3v) is 6.91. The molecule has 2 aliphatic rings. The zero-order chi connectivity index (χ0) is 9.76. The third-order valence-electron chi connectivity index (χ3n) is 2.88. The normalized spacial score (nSPS) is 20.2. The maximum absolute atomic E-state index is 9.09. The van der Waals surface area contributed by atoms with Gasteiger partial charge in [0.05, 0.1) is 0 Å². The Hall–Kier alpha value is -0.111. The first-order chi connectivity index (χ1) is 6.77. The number of halogens is 1. The Labute approximate surface area is 105 Å². The van der Waals surface area contributed by atoms with E-state index in [1.807, 2.05) is 11.8 Å². The van der Waals surface area contributed by atoms with Gasteiger partial charge in [-0.1, -0.05) is 0 Å². The monoisotopic (exact) mass is 307 g/mol. The number of hydrogen-bond donors (Lipinski definition) is 2. The number of nitriles is 1. The minimum atomic E-state index is 0. The zero-order valence-corrected chi connectivity index (χ0v) is 11.2. The topological polar surface area (TPSA) is 61.8 Å². The first-order valence-electron chi connectivity index (χ1n) is 4.43. The van der Waals surface area contributed by atoms with E-state index in [1.165, 1.54) is 10.0 Å². The van der Waals surface area contributed by atoms with Gasteiger partial charge < -0.3 is 0 Å². The van der Waals surface area contributed by atoms with Gasteiger partial charge in [-0.25, -0.2) is 0 Å². The van der Waals surface area contributed by atoms with Crippen LogP contribution in [0.4, 0.5) is 4.56 Å². The van der Waals surface area contributed by atoms with Gasteiger partial charge in [-0.3, -0.25) is 0 Å². The molecule has 0 aliphatic carbocycles. The summed E-state index contributed by atoms with van der Waals surface area (Å²) in [6.45, 7) is 2.01. The van der Waals surface area contributed by atoms with E-state index in [2.05, 4.69) is 11.4 Å². The van der Waals surface area contributed by atoms with E-state index >= 15 is 0 Å². The van der Waals surface area contributed by atoms with E-state index in [1.54, 1.807) is 0 Å². The average molecular weight is 307 g/mol. The maximum atomic E-state index is 9.09. The standard InChI is InChI=1S/C9H9N3SSe.ClH/c10-1-5-7-6(14-8(5)11)2-13-9(7)3-12-4-9;/h12H,2-4,11H2;1H. The quantitative estimate of drug-likeness (QED) is 0.692. The van der Waals surface area contributed by atoms with Crippen molar-refractivity contribution in [2.45, 2.75) is 10.5 Å². The van der Waals surface area contributed by atoms with E-state index in [0.717, 1.165) is 29.0 Å². The van der Waals surface area contributed by atoms with Crippen LogP contribution in [0, 0.1) is 11.3 Å². The molecule has 1 spiro atoms. The Morgan fingerprint density at radius 1 is 1.53 bits per heavy atom. The molecule has 1 aromatic heterocycles. The predicted molar refractivity (Wildman–Crippen MR) is 65.6 cm³/mol. The molecule has 1 aromatic rings. The summed E-state index contributed by atoms with van der Waals surface area (Å²) in [6, 6.07) is 2.28. The van der Waals surface area contributed by atoms with Crippen LogP contribution in [0.2, 0.25) is 0 Å². The van der Waals surface area contributed by atoms with Gasteiger partial charge in [-0.15, -0.1) is 12.4 Å². The SMILES string of the molecule is Cl.N#Cc1c(N)[se]c2c1C1(CNC1)SC2. The number of nitrogens with zero attached hydrogens (tertiary/aromatic N) is 1. The molecule has 0 atom stereocenters. The Kier molecular flexibility index (Phi) is 2.83. The van der Waals surface area contributed by atoms with Crippen molar-refractivity contribution in [2.75, 3.05) is 18.8 Å². The van der Waals surface area contributed by atoms with Crippen molar-refractivity contribution in [3.05, 3.63) is 15.6 Å². The van der Waals surface area contributed by atoms with Crippen molar-refractivity contribution in [2.24, 2.45) is 0 Å². The van der Waals surface area contributed by atoms with Crippen LogP contribution in [0.1, 0.15) is 15.6 Å². The fourth-order valence-corrected chi connectivity index (χ4v) is 6.29. The molecule has 1 fully saturated rings. The van der Waals surface area contributed by atoms with Gasteiger partial charge >= 0.3 is 92.4 Å². The second kappa shape index (κ2) is 3.72. The van der Waals surface area contributed by atoms with Crippen molar-refractivity contribution in [3.8, 4) is 6.07 Å². The number of fused-ring (bicyclic) bond motifs is 2. The molecule has 80 valence electrons. The number of thioether (sulfide) groups is 1. The third kappa shape index (κ3) is 1.37. The summed E-state index contributed by atoms with van der Waals surface area (Å²) in [7, 11) is 0. The van der Waals surface area contributed by atoms with Crippen molar-refractivity contribution >= 4 is 43.2 Å². The van der Waals surface area contributed by atoms with Crippen molar-refractivity contribution in [1.82, 2.24) is 5.32 Å². The van der Waals surface area contributed by atoms with Crippen LogP contribution in [0.25, 0.3) is 0 Å². The van der Waals surface area contributed by atoms with E-state index in [4.69, 9.17) is 11.0 Å². The second-order valence-electron chi connectivity index (χ2n) is 3.64. The first kappa shape index (κ1) is 11.4. The molecule has 0 radical (unpaired) electrons. The number of nitrogens with one attached hydrogen (secondary N) is 1. The summed E-state index contributed by atoms with van der Waals surface area (Å²) in [6.07, 6.45) is 0. The van der Waals surface area contributed by atoms with Crippen LogP contribution < -0.4 is 11.1 Å². The molecule has 2 aliphatic heterocycles. The molecule has 3 heterocycles. The summed E-state index contributed by atoms with van der Waals surface area (Å²) < 4.78 is 2.51. The Morgan fingerprint density at radius 3 is 2.80 bits per heavy atom. The van der Waals surface area contributed by atoms with E-state index in [0.29, 0.717) is 0 Å². The van der Waals surface area contributed by atoms with Gasteiger partial charge in [0.15, 0.2) is 0 Å². The number of hydrogen-bond acceptors (Lipinski definition) is 4. The van der Waals surface area contributed by atoms with Gasteiger partial charge in [0.1, 0.15) is 0 Å². The molecule has 1 saturated heterocycles. The molecular formula is C9H10ClN3SSe. The summed E-state index contributed by atoms with van der Waals surface area (Å²) in [4.78, 5) is 0. The number of nitrogens with two attached hydrogens (primary N) is 1. The van der Waals surface area contributed by atoms with Crippen LogP contribution in [0.3, 0.4) is 0 Å². The molecule has 3 nitrogen and oxygen atoms in total. The van der Waals surface area contributed by atoms with Crippen molar-refractivity contribution < 1.29 is 0 Å². The molecule has 0 aromatic carbocycles. The minimum absolute atomic E-state index is 0. The molecule has 0 unspecified atom stereocenters. The van der Waals surface area contributed by atoms with Crippen molar-refractivity contribution in [3.63, 3.8) is 0 Å². The molecule has 3 N–H and O–H groups in total. The van der Waals surface area contributed by atoms with Gasteiger partial charge in [-0.2, -0.15) is 0 Å². The zero-order valence-electron chi connectivity index (χ0n) is 7.87. The van der Waals surface area contributed by atoms with Crippen LogP contribution in [0.15, 0.2) is 0 Å². The van der Waals surface area contributed by atoms with Crippen LogP contribution in [0.5, 0.6) is 0 Å². The summed E-state index contributed by atoms with van der Waals surface area (Å²) in [5.41, 5.74) is 7.98. The molecule has 6 heteroatoms. The fourth-order valence-electron chi connectivity index (χ4n) is 2.10. The molecule has 0 saturated carbocycles. The van der Waals surface area contributed by atoms with Gasteiger partial charge in [0, 0.05) is 0 Å². The van der Waals surface area contributed by atoms with Crippen LogP contribution in [-0.4, -0.2) is 27.6 Å². The summed E-state index contributed by atoms with van der Waals surface area (Å²) in [5.74, 6) is 1.09. The average Bonchev–Trinajstić information content (AvgIpc) is 2.58. The van der Waals surface area contributed by atoms with Crippen molar-refractivity contribution in [1.29, 1.82) is 5.26 Å². The fraction of sp³-hybridized carbons (Fsp3) is 0.444.